The van der Waals surface area contributed by atoms with E-state index in [9.17, 15) is 68.1 Å². The van der Waals surface area contributed by atoms with E-state index in [4.69, 9.17) is 24.1 Å². The fourth-order valence-corrected chi connectivity index (χ4v) is 7.96. The molecule has 0 unspecified atom stereocenters. The molecule has 23 heteroatoms. The third kappa shape index (κ3) is 45.6. The number of aliphatic carboxylic acids is 4. The van der Waals surface area contributed by atoms with Crippen molar-refractivity contribution < 1.29 is 93.5 Å². The van der Waals surface area contributed by atoms with E-state index in [1.807, 2.05) is 6.92 Å². The van der Waals surface area contributed by atoms with Crippen LogP contribution in [0.25, 0.3) is 0 Å². The van der Waals surface area contributed by atoms with Crippen LogP contribution in [0.2, 0.25) is 0 Å². The number of amides is 4. The highest BCUT2D eigenvalue weighted by Crippen LogP contribution is 2.16. The normalized spacial score (nSPS) is 12.6. The molecular formula is C55H96N4O19. The van der Waals surface area contributed by atoms with Crippen LogP contribution in [-0.2, 0) is 71.7 Å². The minimum Gasteiger partial charge on any atom is -0.481 e. The maximum absolute atomic E-state index is 12.5. The number of Topliss-reactive ketones (excluding diaryl/α,β-unsaturated/α-hetero) is 3. The molecular weight excluding hydrogens is 1020 g/mol. The lowest BCUT2D eigenvalue weighted by Gasteiger charge is -2.16. The van der Waals surface area contributed by atoms with E-state index in [0.29, 0.717) is 32.2 Å². The second kappa shape index (κ2) is 48.7. The summed E-state index contributed by atoms with van der Waals surface area (Å²) in [6.45, 7) is 4.04. The summed E-state index contributed by atoms with van der Waals surface area (Å²) in [5, 5.41) is 47.5. The molecule has 8 N–H and O–H groups in total. The number of unbranched alkanes of at least 4 members (excludes halogenated alkanes) is 14. The van der Waals surface area contributed by atoms with Crippen LogP contribution in [0.1, 0.15) is 195 Å². The van der Waals surface area contributed by atoms with Gasteiger partial charge in [-0.15, -0.1) is 0 Å². The van der Waals surface area contributed by atoms with Crippen LogP contribution in [0.5, 0.6) is 0 Å². The van der Waals surface area contributed by atoms with Gasteiger partial charge in [-0.1, -0.05) is 90.4 Å². The SMILES string of the molecule is CC(=O)[C@@H](C)CCCCNC(=O)CC[C@H](NC(=O)CC[C@H](CC(=O)COCCOCCNC(=O)COCCOCCCC(=O)CC[C@H](NC(=O)CCCCCCCCCCCCCCCCC(=O)O)C(=O)O)C(=O)O)C(=O)O.[HH]. The predicted molar refractivity (Wildman–Crippen MR) is 288 cm³/mol. The zero-order valence-electron chi connectivity index (χ0n) is 46.6. The Morgan fingerprint density at radius 1 is 0.397 bits per heavy atom. The molecule has 0 saturated carbocycles. The van der Waals surface area contributed by atoms with E-state index in [-0.39, 0.29) is 135 Å². The summed E-state index contributed by atoms with van der Waals surface area (Å²) in [7, 11) is 0. The van der Waals surface area contributed by atoms with Gasteiger partial charge in [-0.25, -0.2) is 9.59 Å². The minimum absolute atomic E-state index is 0. The molecule has 0 aromatic heterocycles. The first-order valence-electron chi connectivity index (χ1n) is 28.2. The number of nitrogens with one attached hydrogen (secondary N) is 4. The fourth-order valence-electron chi connectivity index (χ4n) is 7.96. The van der Waals surface area contributed by atoms with Crippen LogP contribution in [-0.4, -0.2) is 163 Å². The molecule has 23 nitrogen and oxygen atoms in total. The van der Waals surface area contributed by atoms with Crippen LogP contribution in [0, 0.1) is 11.8 Å². The molecule has 0 aliphatic rings. The third-order valence-corrected chi connectivity index (χ3v) is 12.9. The molecule has 0 aliphatic heterocycles. The Balaban J connectivity index is 0. The molecule has 0 saturated heterocycles. The standard InChI is InChI=1S/C55H94N4O19.H2/c1-41(42(2)60)20-17-18-30-56-48(63)29-27-47(55(73)74)59-50(65)28-24-43(53(69)70)38-45(62)39-77-36-35-76-33-31-57-51(66)40-78-37-34-75-32-19-21-44(61)25-26-46(54(71)72)58-49(64)22-15-13-11-9-7-5-3-4-6-8-10-12-14-16-23-52(67)68;/h41,43,46-47H,3-40H2,1-2H3,(H,56,63)(H,57,66)(H,58,64)(H,59,65)(H,67,68)(H,69,70)(H,71,72)(H,73,74);1H/t41-,43+,46-,47-;/m0./s1. The zero-order chi connectivity index (χ0) is 58.2. The second-order valence-corrected chi connectivity index (χ2v) is 19.8. The van der Waals surface area contributed by atoms with Crippen molar-refractivity contribution in [2.24, 2.45) is 11.8 Å². The third-order valence-electron chi connectivity index (χ3n) is 12.9. The fraction of sp³-hybridized carbons (Fsp3) is 0.800. The van der Waals surface area contributed by atoms with Gasteiger partial charge < -0.3 is 60.6 Å². The Kier molecular flexibility index (Phi) is 45.3. The van der Waals surface area contributed by atoms with E-state index < -0.39 is 78.4 Å². The van der Waals surface area contributed by atoms with Gasteiger partial charge in [0.25, 0.3) is 0 Å². The van der Waals surface area contributed by atoms with Gasteiger partial charge in [0.1, 0.15) is 36.9 Å². The van der Waals surface area contributed by atoms with Gasteiger partial charge in [-0.3, -0.25) is 43.2 Å². The average molecular weight is 1120 g/mol. The minimum atomic E-state index is -1.37. The van der Waals surface area contributed by atoms with Gasteiger partial charge >= 0.3 is 23.9 Å². The summed E-state index contributed by atoms with van der Waals surface area (Å²) in [4.78, 5) is 131. The predicted octanol–water partition coefficient (Wildman–Crippen LogP) is 5.74. The van der Waals surface area contributed by atoms with Crippen LogP contribution >= 0.6 is 0 Å². The van der Waals surface area contributed by atoms with Crippen molar-refractivity contribution in [2.75, 3.05) is 65.9 Å². The summed E-state index contributed by atoms with van der Waals surface area (Å²) in [6.07, 6.45) is 16.7. The van der Waals surface area contributed by atoms with Crippen molar-refractivity contribution in [2.45, 2.75) is 206 Å². The summed E-state index contributed by atoms with van der Waals surface area (Å²) in [6, 6.07) is -2.51. The van der Waals surface area contributed by atoms with E-state index in [0.717, 1.165) is 57.8 Å². The summed E-state index contributed by atoms with van der Waals surface area (Å²) in [5.74, 6) is -8.29. The topological polar surface area (TPSA) is 354 Å². The number of carbonyl (C=O) groups is 11. The van der Waals surface area contributed by atoms with Crippen LogP contribution in [0.4, 0.5) is 0 Å². The molecule has 0 aromatic rings. The van der Waals surface area contributed by atoms with Gasteiger partial charge in [-0.2, -0.15) is 0 Å². The Hall–Kier alpha value is -5.39. The smallest absolute Gasteiger partial charge is 0.326 e. The zero-order valence-corrected chi connectivity index (χ0v) is 46.6. The van der Waals surface area contributed by atoms with Crippen molar-refractivity contribution in [1.82, 2.24) is 21.3 Å². The molecule has 450 valence electrons. The Morgan fingerprint density at radius 3 is 1.41 bits per heavy atom. The number of hydrogen-bond donors (Lipinski definition) is 8. The van der Waals surface area contributed by atoms with E-state index in [1.165, 1.54) is 39.0 Å². The Labute approximate surface area is 462 Å². The molecule has 0 bridgehead atoms. The molecule has 0 heterocycles. The number of carboxylic acid groups (broad SMARTS) is 4. The highest BCUT2D eigenvalue weighted by Gasteiger charge is 2.26. The van der Waals surface area contributed by atoms with Gasteiger partial charge in [0.05, 0.1) is 39.0 Å². The van der Waals surface area contributed by atoms with E-state index >= 15 is 0 Å². The molecule has 4 atom stereocenters. The Bertz CT molecular complexity index is 1770. The lowest BCUT2D eigenvalue weighted by molar-refractivity contribution is -0.145. The van der Waals surface area contributed by atoms with E-state index in [2.05, 4.69) is 21.3 Å². The number of ketones is 3. The maximum Gasteiger partial charge on any atom is 0.326 e. The maximum atomic E-state index is 12.5. The number of rotatable bonds is 56. The van der Waals surface area contributed by atoms with Crippen molar-refractivity contribution in [1.29, 1.82) is 0 Å². The monoisotopic (exact) mass is 1120 g/mol. The molecule has 0 aromatic carbocycles. The molecule has 0 radical (unpaired) electrons. The summed E-state index contributed by atoms with van der Waals surface area (Å²) < 4.78 is 21.4. The van der Waals surface area contributed by atoms with Gasteiger partial charge in [0.2, 0.25) is 23.6 Å². The number of carbonyl (C=O) groups excluding carboxylic acids is 7. The molecule has 0 fully saturated rings. The van der Waals surface area contributed by atoms with Crippen molar-refractivity contribution in [3.8, 4) is 0 Å². The molecule has 0 rings (SSSR count). The average Bonchev–Trinajstić information content (AvgIpc) is 3.38. The lowest BCUT2D eigenvalue weighted by atomic mass is 9.97. The first kappa shape index (κ1) is 72.6. The van der Waals surface area contributed by atoms with E-state index in [1.54, 1.807) is 0 Å². The highest BCUT2D eigenvalue weighted by atomic mass is 16.5. The first-order valence-corrected chi connectivity index (χ1v) is 28.2. The van der Waals surface area contributed by atoms with Crippen LogP contribution in [0.3, 0.4) is 0 Å². The quantitative estimate of drug-likeness (QED) is 0.0336. The van der Waals surface area contributed by atoms with Gasteiger partial charge in [0.15, 0.2) is 5.78 Å². The van der Waals surface area contributed by atoms with Crippen molar-refractivity contribution >= 4 is 64.9 Å². The summed E-state index contributed by atoms with van der Waals surface area (Å²) in [5.41, 5.74) is 0. The number of carboxylic acids is 4. The van der Waals surface area contributed by atoms with Crippen LogP contribution in [0.15, 0.2) is 0 Å². The lowest BCUT2D eigenvalue weighted by Crippen LogP contribution is -2.42. The number of ether oxygens (including phenoxy) is 4. The van der Waals surface area contributed by atoms with Gasteiger partial charge in [0, 0.05) is 72.0 Å². The van der Waals surface area contributed by atoms with Crippen molar-refractivity contribution in [3.63, 3.8) is 0 Å². The summed E-state index contributed by atoms with van der Waals surface area (Å²) >= 11 is 0. The Morgan fingerprint density at radius 2 is 0.872 bits per heavy atom. The van der Waals surface area contributed by atoms with Crippen molar-refractivity contribution in [3.05, 3.63) is 0 Å². The van der Waals surface area contributed by atoms with Crippen LogP contribution < -0.4 is 21.3 Å². The second-order valence-electron chi connectivity index (χ2n) is 19.8. The highest BCUT2D eigenvalue weighted by molar-refractivity contribution is 5.87. The molecule has 0 spiro atoms. The molecule has 78 heavy (non-hydrogen) atoms. The molecule has 0 aliphatic carbocycles. The largest absolute Gasteiger partial charge is 0.481 e. The van der Waals surface area contributed by atoms with Gasteiger partial charge in [-0.05, 0) is 58.3 Å². The first-order chi connectivity index (χ1) is 37.3. The molecule has 4 amide bonds. The number of hydrogen-bond acceptors (Lipinski definition) is 15.